The molecule has 31 heavy (non-hydrogen) atoms. The number of aryl methyl sites for hydroxylation is 1. The fourth-order valence-electron chi connectivity index (χ4n) is 4.32. The Morgan fingerprint density at radius 2 is 1.65 bits per heavy atom. The lowest BCUT2D eigenvalue weighted by Gasteiger charge is -2.42. The summed E-state index contributed by atoms with van der Waals surface area (Å²) >= 11 is 0. The summed E-state index contributed by atoms with van der Waals surface area (Å²) in [5, 5.41) is 2.94. The first-order valence-electron chi connectivity index (χ1n) is 11.1. The summed E-state index contributed by atoms with van der Waals surface area (Å²) in [4.78, 5) is 41.1. The van der Waals surface area contributed by atoms with E-state index in [9.17, 15) is 14.4 Å². The van der Waals surface area contributed by atoms with Gasteiger partial charge in [0.25, 0.3) is 5.91 Å². The minimum Gasteiger partial charge on any atom is -0.348 e. The summed E-state index contributed by atoms with van der Waals surface area (Å²) in [6, 6.07) is 15.2. The lowest BCUT2D eigenvalue weighted by atomic mass is 9.98. The van der Waals surface area contributed by atoms with Crippen molar-refractivity contribution < 1.29 is 14.4 Å². The molecule has 2 aromatic carbocycles. The number of hydrogen-bond acceptors (Lipinski definition) is 3. The minimum absolute atomic E-state index is 0.0345. The van der Waals surface area contributed by atoms with Crippen LogP contribution in [0.5, 0.6) is 0 Å². The minimum atomic E-state index is -0.300. The second-order valence-electron chi connectivity index (χ2n) is 8.34. The van der Waals surface area contributed by atoms with Crippen LogP contribution >= 0.6 is 0 Å². The highest BCUT2D eigenvalue weighted by Crippen LogP contribution is 2.24. The molecular weight excluding hydrogens is 390 g/mol. The van der Waals surface area contributed by atoms with Crippen LogP contribution in [-0.2, 0) is 29.1 Å². The van der Waals surface area contributed by atoms with Crippen LogP contribution in [0.2, 0.25) is 0 Å². The van der Waals surface area contributed by atoms with Crippen LogP contribution in [0.25, 0.3) is 0 Å². The Morgan fingerprint density at radius 1 is 0.968 bits per heavy atom. The van der Waals surface area contributed by atoms with Gasteiger partial charge in [-0.15, -0.1) is 0 Å². The largest absolute Gasteiger partial charge is 0.348 e. The molecule has 6 nitrogen and oxygen atoms in total. The van der Waals surface area contributed by atoms with Crippen LogP contribution < -0.4 is 5.32 Å². The van der Waals surface area contributed by atoms with E-state index < -0.39 is 0 Å². The van der Waals surface area contributed by atoms with Crippen molar-refractivity contribution in [1.82, 2.24) is 15.1 Å². The van der Waals surface area contributed by atoms with Crippen LogP contribution in [-0.4, -0.2) is 46.7 Å². The van der Waals surface area contributed by atoms with Gasteiger partial charge in [-0.1, -0.05) is 43.3 Å². The molecule has 2 fully saturated rings. The molecule has 0 bridgehead atoms. The number of carbonyl (C=O) groups is 3. The normalized spacial score (nSPS) is 18.7. The number of benzene rings is 2. The van der Waals surface area contributed by atoms with Crippen molar-refractivity contribution in [1.29, 1.82) is 0 Å². The summed E-state index contributed by atoms with van der Waals surface area (Å²) in [6.07, 6.45) is 3.71. The Morgan fingerprint density at radius 3 is 2.35 bits per heavy atom. The number of piperazine rings is 1. The van der Waals surface area contributed by atoms with E-state index in [-0.39, 0.29) is 30.3 Å². The maximum atomic E-state index is 12.8. The molecule has 4 rings (SSSR count). The van der Waals surface area contributed by atoms with Gasteiger partial charge in [0.05, 0.1) is 0 Å². The van der Waals surface area contributed by atoms with Crippen LogP contribution in [0.15, 0.2) is 48.5 Å². The third-order valence-electron chi connectivity index (χ3n) is 6.22. The number of nitrogens with one attached hydrogen (secondary N) is 1. The second-order valence-corrected chi connectivity index (χ2v) is 8.34. The molecule has 1 atom stereocenters. The van der Waals surface area contributed by atoms with Gasteiger partial charge in [-0.2, -0.15) is 0 Å². The van der Waals surface area contributed by atoms with Gasteiger partial charge in [-0.25, -0.2) is 0 Å². The summed E-state index contributed by atoms with van der Waals surface area (Å²) < 4.78 is 0. The molecule has 1 unspecified atom stereocenters. The number of carbonyl (C=O) groups excluding carboxylic acids is 3. The van der Waals surface area contributed by atoms with Gasteiger partial charge < -0.3 is 15.1 Å². The van der Waals surface area contributed by atoms with E-state index in [0.29, 0.717) is 25.2 Å². The van der Waals surface area contributed by atoms with E-state index in [1.807, 2.05) is 24.3 Å². The van der Waals surface area contributed by atoms with Gasteiger partial charge in [-0.3, -0.25) is 14.4 Å². The van der Waals surface area contributed by atoms with Gasteiger partial charge in [0, 0.05) is 25.2 Å². The molecule has 0 saturated carbocycles. The van der Waals surface area contributed by atoms with Gasteiger partial charge in [0.1, 0.15) is 12.6 Å². The number of amides is 3. The fourth-order valence-corrected chi connectivity index (χ4v) is 4.32. The van der Waals surface area contributed by atoms with Crippen molar-refractivity contribution >= 4 is 17.7 Å². The molecule has 6 heteroatoms. The molecule has 2 aromatic rings. The maximum absolute atomic E-state index is 12.8. The molecule has 2 saturated heterocycles. The fraction of sp³-hybridized carbons (Fsp3) is 0.400. The Bertz CT molecular complexity index is 953. The van der Waals surface area contributed by atoms with E-state index >= 15 is 0 Å². The monoisotopic (exact) mass is 419 g/mol. The number of rotatable bonds is 6. The van der Waals surface area contributed by atoms with Crippen LogP contribution in [0, 0.1) is 0 Å². The maximum Gasteiger partial charge on any atom is 0.251 e. The molecule has 0 spiro atoms. The van der Waals surface area contributed by atoms with Crippen LogP contribution in [0.3, 0.4) is 0 Å². The molecule has 3 amide bonds. The zero-order valence-corrected chi connectivity index (χ0v) is 18.0. The highest BCUT2D eigenvalue weighted by molar-refractivity contribution is 5.95. The smallest absolute Gasteiger partial charge is 0.251 e. The third kappa shape index (κ3) is 4.79. The van der Waals surface area contributed by atoms with Crippen molar-refractivity contribution in [2.75, 3.05) is 13.1 Å². The van der Waals surface area contributed by atoms with Crippen LogP contribution in [0.4, 0.5) is 0 Å². The van der Waals surface area contributed by atoms with Crippen molar-refractivity contribution in [2.45, 2.75) is 51.7 Å². The third-order valence-corrected chi connectivity index (χ3v) is 6.22. The number of fused-ring (bicyclic) bond motifs is 1. The van der Waals surface area contributed by atoms with E-state index in [1.165, 1.54) is 5.56 Å². The standard InChI is InChI=1S/C25H29N3O3/c1-2-18-6-8-19(9-7-18)15-26-24(30)21-12-10-20(11-13-21)16-27-17-23(29)28-14-4-3-5-22(28)25(27)31/h6-13,22H,2-5,14-17H2,1H3,(H,26,30). The van der Waals surface area contributed by atoms with Crippen molar-refractivity contribution in [3.05, 3.63) is 70.8 Å². The molecule has 1 N–H and O–H groups in total. The lowest BCUT2D eigenvalue weighted by molar-refractivity contribution is -0.158. The zero-order chi connectivity index (χ0) is 21.8. The Kier molecular flexibility index (Phi) is 6.35. The zero-order valence-electron chi connectivity index (χ0n) is 18.0. The Balaban J connectivity index is 1.33. The topological polar surface area (TPSA) is 69.7 Å². The number of piperidine rings is 1. The van der Waals surface area contributed by atoms with Crippen molar-refractivity contribution in [2.24, 2.45) is 0 Å². The predicted molar refractivity (Wildman–Crippen MR) is 118 cm³/mol. The molecule has 2 aliphatic rings. The summed E-state index contributed by atoms with van der Waals surface area (Å²) in [6.45, 7) is 3.81. The highest BCUT2D eigenvalue weighted by atomic mass is 16.2. The van der Waals surface area contributed by atoms with Gasteiger partial charge in [0.15, 0.2) is 0 Å². The van der Waals surface area contributed by atoms with Crippen molar-refractivity contribution in [3.8, 4) is 0 Å². The van der Waals surface area contributed by atoms with Gasteiger partial charge in [0.2, 0.25) is 11.8 Å². The average Bonchev–Trinajstić information content (AvgIpc) is 2.81. The van der Waals surface area contributed by atoms with E-state index in [4.69, 9.17) is 0 Å². The van der Waals surface area contributed by atoms with E-state index in [2.05, 4.69) is 24.4 Å². The van der Waals surface area contributed by atoms with E-state index in [0.717, 1.165) is 36.8 Å². The molecule has 0 radical (unpaired) electrons. The predicted octanol–water partition coefficient (Wildman–Crippen LogP) is 2.90. The lowest BCUT2D eigenvalue weighted by Crippen LogP contribution is -2.60. The van der Waals surface area contributed by atoms with Crippen LogP contribution in [0.1, 0.15) is 53.2 Å². The van der Waals surface area contributed by atoms with Gasteiger partial charge in [-0.05, 0) is 54.5 Å². The molecule has 0 aliphatic carbocycles. The molecular formula is C25H29N3O3. The summed E-state index contributed by atoms with van der Waals surface area (Å²) in [5.74, 6) is -0.0596. The average molecular weight is 420 g/mol. The van der Waals surface area contributed by atoms with E-state index in [1.54, 1.807) is 21.9 Å². The van der Waals surface area contributed by atoms with Crippen molar-refractivity contribution in [3.63, 3.8) is 0 Å². The molecule has 2 aliphatic heterocycles. The number of hydrogen-bond donors (Lipinski definition) is 1. The molecule has 0 aromatic heterocycles. The van der Waals surface area contributed by atoms with Gasteiger partial charge >= 0.3 is 0 Å². The Labute approximate surface area is 183 Å². The first-order chi connectivity index (χ1) is 15.0. The SMILES string of the molecule is CCc1ccc(CNC(=O)c2ccc(CN3CC(=O)N4CCCCC4C3=O)cc2)cc1. The Hall–Kier alpha value is -3.15. The second kappa shape index (κ2) is 9.33. The number of nitrogens with zero attached hydrogens (tertiary/aromatic N) is 2. The molecule has 162 valence electrons. The quantitative estimate of drug-likeness (QED) is 0.783. The first-order valence-corrected chi connectivity index (χ1v) is 11.1. The first kappa shape index (κ1) is 21.1. The highest BCUT2D eigenvalue weighted by Gasteiger charge is 2.40. The summed E-state index contributed by atoms with van der Waals surface area (Å²) in [7, 11) is 0. The molecule has 2 heterocycles. The summed E-state index contributed by atoms with van der Waals surface area (Å²) in [5.41, 5.74) is 3.83.